The molecule has 1 unspecified atom stereocenters. The van der Waals surface area contributed by atoms with Gasteiger partial charge in [-0.1, -0.05) is 13.8 Å². The molecule has 0 aliphatic heterocycles. The molecule has 5 nitrogen and oxygen atoms in total. The molecular formula is C14H21N5S. The minimum absolute atomic E-state index is 0.197. The number of nitrogens with one attached hydrogen (secondary N) is 2. The molecule has 20 heavy (non-hydrogen) atoms. The first kappa shape index (κ1) is 14.7. The van der Waals surface area contributed by atoms with Crippen molar-refractivity contribution in [2.24, 2.45) is 0 Å². The van der Waals surface area contributed by atoms with Crippen LogP contribution in [0.1, 0.15) is 43.3 Å². The molecule has 0 radical (unpaired) electrons. The molecule has 0 fully saturated rings. The minimum atomic E-state index is 0.197. The lowest BCUT2D eigenvalue weighted by atomic mass is 10.2. The summed E-state index contributed by atoms with van der Waals surface area (Å²) in [6.07, 6.45) is 5.48. The minimum Gasteiger partial charge on any atom is -0.370 e. The summed E-state index contributed by atoms with van der Waals surface area (Å²) in [6.45, 7) is 7.24. The van der Waals surface area contributed by atoms with E-state index in [0.29, 0.717) is 0 Å². The van der Waals surface area contributed by atoms with Gasteiger partial charge in [0.15, 0.2) is 0 Å². The maximum absolute atomic E-state index is 4.38. The third-order valence-corrected chi connectivity index (χ3v) is 3.98. The van der Waals surface area contributed by atoms with E-state index >= 15 is 0 Å². The number of nitrogens with zero attached hydrogens (tertiary/aromatic N) is 3. The summed E-state index contributed by atoms with van der Waals surface area (Å²) in [5.41, 5.74) is 1.05. The van der Waals surface area contributed by atoms with Crippen LogP contribution in [-0.2, 0) is 0 Å². The number of aromatic nitrogens is 3. The molecule has 0 aromatic carbocycles. The lowest BCUT2D eigenvalue weighted by molar-refractivity contribution is 0.735. The van der Waals surface area contributed by atoms with Gasteiger partial charge < -0.3 is 10.6 Å². The Bertz CT molecular complexity index is 526. The first-order valence-electron chi connectivity index (χ1n) is 6.97. The number of hydrogen-bond acceptors (Lipinski definition) is 6. The normalized spacial score (nSPS) is 12.2. The first-order valence-corrected chi connectivity index (χ1v) is 7.85. The Balaban J connectivity index is 2.16. The van der Waals surface area contributed by atoms with Crippen molar-refractivity contribution in [3.63, 3.8) is 0 Å². The number of rotatable bonds is 7. The van der Waals surface area contributed by atoms with Crippen molar-refractivity contribution in [2.45, 2.75) is 39.7 Å². The van der Waals surface area contributed by atoms with E-state index < -0.39 is 0 Å². The Morgan fingerprint density at radius 3 is 2.65 bits per heavy atom. The number of anilines is 2. The van der Waals surface area contributed by atoms with Gasteiger partial charge in [0.25, 0.3) is 0 Å². The molecule has 2 aromatic rings. The molecule has 0 amide bonds. The maximum Gasteiger partial charge on any atom is 0.134 e. The zero-order chi connectivity index (χ0) is 14.4. The van der Waals surface area contributed by atoms with E-state index in [-0.39, 0.29) is 6.04 Å². The van der Waals surface area contributed by atoms with Crippen LogP contribution in [-0.4, -0.2) is 21.5 Å². The summed E-state index contributed by atoms with van der Waals surface area (Å²) in [5.74, 6) is 1.78. The van der Waals surface area contributed by atoms with Crippen LogP contribution in [0, 0.1) is 6.92 Å². The quantitative estimate of drug-likeness (QED) is 0.815. The van der Waals surface area contributed by atoms with Gasteiger partial charge in [-0.2, -0.15) is 0 Å². The second kappa shape index (κ2) is 7.19. The molecular weight excluding hydrogens is 270 g/mol. The Hall–Kier alpha value is -1.69. The fraction of sp³-hybridized carbons (Fsp3) is 0.500. The van der Waals surface area contributed by atoms with E-state index in [9.17, 15) is 0 Å². The third-order valence-electron chi connectivity index (χ3n) is 3.10. The highest BCUT2D eigenvalue weighted by Crippen LogP contribution is 2.26. The molecule has 0 aliphatic rings. The van der Waals surface area contributed by atoms with Crippen molar-refractivity contribution < 1.29 is 0 Å². The summed E-state index contributed by atoms with van der Waals surface area (Å²) in [4.78, 5) is 13.0. The zero-order valence-corrected chi connectivity index (χ0v) is 13.0. The third kappa shape index (κ3) is 3.45. The van der Waals surface area contributed by atoms with Crippen LogP contribution < -0.4 is 10.6 Å². The summed E-state index contributed by atoms with van der Waals surface area (Å²) in [6, 6.07) is 0.197. The van der Waals surface area contributed by atoms with Crippen molar-refractivity contribution in [3.8, 4) is 0 Å². The van der Waals surface area contributed by atoms with Crippen molar-refractivity contribution >= 4 is 23.0 Å². The standard InChI is InChI=1S/C14H21N5S/c1-4-6-15-12-10(3)13(18-9-17-12)19-11(5-2)14-16-7-8-20-14/h7-9,11H,4-6H2,1-3H3,(H2,15,17,18,19). The molecule has 1 atom stereocenters. The van der Waals surface area contributed by atoms with E-state index in [1.54, 1.807) is 17.7 Å². The molecule has 2 rings (SSSR count). The van der Waals surface area contributed by atoms with Crippen LogP contribution in [0.2, 0.25) is 0 Å². The highest BCUT2D eigenvalue weighted by Gasteiger charge is 2.15. The average molecular weight is 291 g/mol. The lowest BCUT2D eigenvalue weighted by Crippen LogP contribution is -2.13. The zero-order valence-electron chi connectivity index (χ0n) is 12.2. The van der Waals surface area contributed by atoms with E-state index in [2.05, 4.69) is 39.4 Å². The molecule has 0 spiro atoms. The fourth-order valence-corrected chi connectivity index (χ4v) is 2.70. The van der Waals surface area contributed by atoms with Crippen molar-refractivity contribution in [1.29, 1.82) is 0 Å². The summed E-state index contributed by atoms with van der Waals surface area (Å²) >= 11 is 1.67. The van der Waals surface area contributed by atoms with E-state index in [0.717, 1.165) is 41.6 Å². The largest absolute Gasteiger partial charge is 0.370 e. The van der Waals surface area contributed by atoms with Crippen molar-refractivity contribution in [2.75, 3.05) is 17.2 Å². The Morgan fingerprint density at radius 2 is 2.00 bits per heavy atom. The number of thiazole rings is 1. The van der Waals surface area contributed by atoms with Crippen LogP contribution in [0.4, 0.5) is 11.6 Å². The van der Waals surface area contributed by atoms with Gasteiger partial charge in [-0.15, -0.1) is 11.3 Å². The Labute approximate surface area is 123 Å². The van der Waals surface area contributed by atoms with Crippen LogP contribution in [0.15, 0.2) is 17.9 Å². The molecule has 0 aliphatic carbocycles. The topological polar surface area (TPSA) is 62.7 Å². The van der Waals surface area contributed by atoms with Gasteiger partial charge in [0.2, 0.25) is 0 Å². The second-order valence-electron chi connectivity index (χ2n) is 4.60. The predicted molar refractivity (Wildman–Crippen MR) is 84.3 cm³/mol. The SMILES string of the molecule is CCCNc1ncnc(NC(CC)c2nccs2)c1C. The lowest BCUT2D eigenvalue weighted by Gasteiger charge is -2.18. The van der Waals surface area contributed by atoms with Crippen molar-refractivity contribution in [1.82, 2.24) is 15.0 Å². The van der Waals surface area contributed by atoms with Crippen LogP contribution in [0.25, 0.3) is 0 Å². The maximum atomic E-state index is 4.38. The highest BCUT2D eigenvalue weighted by atomic mass is 32.1. The Morgan fingerprint density at radius 1 is 1.20 bits per heavy atom. The van der Waals surface area contributed by atoms with Gasteiger partial charge in [0.05, 0.1) is 6.04 Å². The Kier molecular flexibility index (Phi) is 5.29. The molecule has 2 N–H and O–H groups in total. The molecule has 0 saturated heterocycles. The van der Waals surface area contributed by atoms with Gasteiger partial charge in [-0.3, -0.25) is 0 Å². The highest BCUT2D eigenvalue weighted by molar-refractivity contribution is 7.09. The molecule has 2 aromatic heterocycles. The monoisotopic (exact) mass is 291 g/mol. The van der Waals surface area contributed by atoms with Gasteiger partial charge in [-0.25, -0.2) is 15.0 Å². The van der Waals surface area contributed by atoms with Crippen LogP contribution in [0.5, 0.6) is 0 Å². The molecule has 6 heteroatoms. The molecule has 0 bridgehead atoms. The molecule has 0 saturated carbocycles. The van der Waals surface area contributed by atoms with Crippen molar-refractivity contribution in [3.05, 3.63) is 28.5 Å². The fourth-order valence-electron chi connectivity index (χ4n) is 1.93. The second-order valence-corrected chi connectivity index (χ2v) is 5.52. The predicted octanol–water partition coefficient (Wildman–Crippen LogP) is 3.63. The van der Waals surface area contributed by atoms with E-state index in [1.807, 2.05) is 18.5 Å². The van der Waals surface area contributed by atoms with Gasteiger partial charge in [0.1, 0.15) is 23.0 Å². The van der Waals surface area contributed by atoms with Gasteiger partial charge >= 0.3 is 0 Å². The first-order chi connectivity index (χ1) is 9.76. The van der Waals surface area contributed by atoms with Crippen LogP contribution >= 0.6 is 11.3 Å². The smallest absolute Gasteiger partial charge is 0.134 e. The molecule has 108 valence electrons. The van der Waals surface area contributed by atoms with E-state index in [4.69, 9.17) is 0 Å². The number of hydrogen-bond donors (Lipinski definition) is 2. The van der Waals surface area contributed by atoms with E-state index in [1.165, 1.54) is 0 Å². The van der Waals surface area contributed by atoms with Gasteiger partial charge in [-0.05, 0) is 19.8 Å². The molecule has 2 heterocycles. The average Bonchev–Trinajstić information content (AvgIpc) is 2.99. The summed E-state index contributed by atoms with van der Waals surface area (Å²) < 4.78 is 0. The summed E-state index contributed by atoms with van der Waals surface area (Å²) in [7, 11) is 0. The van der Waals surface area contributed by atoms with Crippen LogP contribution in [0.3, 0.4) is 0 Å². The van der Waals surface area contributed by atoms with Gasteiger partial charge in [0, 0.05) is 23.7 Å². The summed E-state index contributed by atoms with van der Waals surface area (Å²) in [5, 5.41) is 9.89.